The lowest BCUT2D eigenvalue weighted by molar-refractivity contribution is 0.339. The summed E-state index contributed by atoms with van der Waals surface area (Å²) in [5, 5.41) is 0. The van der Waals surface area contributed by atoms with Gasteiger partial charge in [-0.2, -0.15) is 0 Å². The van der Waals surface area contributed by atoms with Crippen LogP contribution in [0, 0.1) is 0 Å². The summed E-state index contributed by atoms with van der Waals surface area (Å²) in [6.45, 7) is 4.76. The van der Waals surface area contributed by atoms with Gasteiger partial charge < -0.3 is 10.5 Å². The second-order valence-corrected chi connectivity index (χ2v) is 3.02. The highest BCUT2D eigenvalue weighted by Gasteiger charge is 2.03. The van der Waals surface area contributed by atoms with E-state index in [0.29, 0.717) is 6.61 Å². The fourth-order valence-corrected chi connectivity index (χ4v) is 1.24. The van der Waals surface area contributed by atoms with E-state index in [1.165, 1.54) is 0 Å². The molecule has 0 amide bonds. The van der Waals surface area contributed by atoms with E-state index in [1.54, 1.807) is 0 Å². The summed E-state index contributed by atoms with van der Waals surface area (Å²) < 4.78 is 5.39. The summed E-state index contributed by atoms with van der Waals surface area (Å²) in [5.41, 5.74) is 7.05. The van der Waals surface area contributed by atoms with Crippen molar-refractivity contribution in [2.24, 2.45) is 5.73 Å². The van der Waals surface area contributed by atoms with Crippen LogP contribution in [0.3, 0.4) is 0 Å². The highest BCUT2D eigenvalue weighted by Crippen LogP contribution is 2.19. The minimum atomic E-state index is 0.125. The molecule has 13 heavy (non-hydrogen) atoms. The number of nitrogens with two attached hydrogens (primary N) is 1. The van der Waals surface area contributed by atoms with Crippen molar-refractivity contribution in [2.45, 2.75) is 26.3 Å². The van der Waals surface area contributed by atoms with E-state index < -0.39 is 0 Å². The van der Waals surface area contributed by atoms with Crippen molar-refractivity contribution >= 4 is 0 Å². The van der Waals surface area contributed by atoms with Crippen molar-refractivity contribution < 1.29 is 4.74 Å². The van der Waals surface area contributed by atoms with Crippen LogP contribution < -0.4 is 10.5 Å². The van der Waals surface area contributed by atoms with E-state index in [9.17, 15) is 0 Å². The van der Waals surface area contributed by atoms with Crippen molar-refractivity contribution in [3.63, 3.8) is 0 Å². The molecule has 1 aromatic rings. The molecule has 72 valence electrons. The first kappa shape index (κ1) is 10.1. The van der Waals surface area contributed by atoms with Crippen molar-refractivity contribution in [3.8, 4) is 5.75 Å². The predicted molar refractivity (Wildman–Crippen MR) is 54.8 cm³/mol. The van der Waals surface area contributed by atoms with Crippen molar-refractivity contribution in [1.82, 2.24) is 0 Å². The SMILES string of the molecule is CCOc1cccc([C@H](N)CC)c1. The summed E-state index contributed by atoms with van der Waals surface area (Å²) in [6.07, 6.45) is 0.954. The van der Waals surface area contributed by atoms with Gasteiger partial charge in [0.05, 0.1) is 6.61 Å². The van der Waals surface area contributed by atoms with Crippen LogP contribution in [-0.4, -0.2) is 6.61 Å². The van der Waals surface area contributed by atoms with E-state index in [4.69, 9.17) is 10.5 Å². The van der Waals surface area contributed by atoms with Crippen LogP contribution in [0.25, 0.3) is 0 Å². The molecule has 0 aliphatic carbocycles. The van der Waals surface area contributed by atoms with Gasteiger partial charge >= 0.3 is 0 Å². The fourth-order valence-electron chi connectivity index (χ4n) is 1.24. The molecule has 1 rings (SSSR count). The van der Waals surface area contributed by atoms with Gasteiger partial charge in [-0.1, -0.05) is 19.1 Å². The zero-order valence-corrected chi connectivity index (χ0v) is 8.29. The minimum Gasteiger partial charge on any atom is -0.494 e. The number of hydrogen-bond donors (Lipinski definition) is 1. The summed E-state index contributed by atoms with van der Waals surface area (Å²) in [6, 6.07) is 8.11. The quantitative estimate of drug-likeness (QED) is 0.770. The molecule has 0 bridgehead atoms. The minimum absolute atomic E-state index is 0.125. The first-order valence-corrected chi connectivity index (χ1v) is 4.76. The highest BCUT2D eigenvalue weighted by atomic mass is 16.5. The fraction of sp³-hybridized carbons (Fsp3) is 0.455. The largest absolute Gasteiger partial charge is 0.494 e. The molecule has 1 atom stereocenters. The molecular formula is C11H17NO. The molecule has 2 heteroatoms. The normalized spacial score (nSPS) is 12.5. The number of hydrogen-bond acceptors (Lipinski definition) is 2. The lowest BCUT2D eigenvalue weighted by atomic mass is 10.1. The first-order valence-electron chi connectivity index (χ1n) is 4.76. The second kappa shape index (κ2) is 4.87. The molecule has 0 aliphatic heterocycles. The Labute approximate surface area is 79.7 Å². The summed E-state index contributed by atoms with van der Waals surface area (Å²) in [5.74, 6) is 0.906. The lowest BCUT2D eigenvalue weighted by Gasteiger charge is -2.10. The molecule has 0 unspecified atom stereocenters. The molecule has 2 nitrogen and oxygen atoms in total. The van der Waals surface area contributed by atoms with Crippen molar-refractivity contribution in [1.29, 1.82) is 0 Å². The van der Waals surface area contributed by atoms with E-state index in [0.717, 1.165) is 17.7 Å². The van der Waals surface area contributed by atoms with Crippen LogP contribution in [0.2, 0.25) is 0 Å². The third-order valence-electron chi connectivity index (χ3n) is 2.04. The second-order valence-electron chi connectivity index (χ2n) is 3.02. The molecule has 1 aromatic carbocycles. The predicted octanol–water partition coefficient (Wildman–Crippen LogP) is 2.50. The van der Waals surface area contributed by atoms with Gasteiger partial charge in [-0.25, -0.2) is 0 Å². The Morgan fingerprint density at radius 1 is 1.38 bits per heavy atom. The van der Waals surface area contributed by atoms with Crippen LogP contribution in [0.5, 0.6) is 5.75 Å². The zero-order chi connectivity index (χ0) is 9.68. The molecule has 0 spiro atoms. The lowest BCUT2D eigenvalue weighted by Crippen LogP contribution is -2.08. The van der Waals surface area contributed by atoms with Gasteiger partial charge in [0, 0.05) is 6.04 Å². The summed E-state index contributed by atoms with van der Waals surface area (Å²) in [4.78, 5) is 0. The van der Waals surface area contributed by atoms with Gasteiger partial charge in [0.15, 0.2) is 0 Å². The number of ether oxygens (including phenoxy) is 1. The van der Waals surface area contributed by atoms with Crippen LogP contribution >= 0.6 is 0 Å². The molecule has 0 aromatic heterocycles. The summed E-state index contributed by atoms with van der Waals surface area (Å²) >= 11 is 0. The van der Waals surface area contributed by atoms with E-state index in [-0.39, 0.29) is 6.04 Å². The Morgan fingerprint density at radius 2 is 2.15 bits per heavy atom. The number of rotatable bonds is 4. The molecule has 0 radical (unpaired) electrons. The Hall–Kier alpha value is -1.02. The smallest absolute Gasteiger partial charge is 0.119 e. The Balaban J connectivity index is 2.78. The third-order valence-corrected chi connectivity index (χ3v) is 2.04. The Kier molecular flexibility index (Phi) is 3.77. The maximum absolute atomic E-state index is 5.90. The topological polar surface area (TPSA) is 35.2 Å². The van der Waals surface area contributed by atoms with E-state index >= 15 is 0 Å². The van der Waals surface area contributed by atoms with E-state index in [1.807, 2.05) is 31.2 Å². The first-order chi connectivity index (χ1) is 6.27. The van der Waals surface area contributed by atoms with Crippen molar-refractivity contribution in [2.75, 3.05) is 6.61 Å². The van der Waals surface area contributed by atoms with Gasteiger partial charge in [-0.05, 0) is 31.0 Å². The third kappa shape index (κ3) is 2.74. The van der Waals surface area contributed by atoms with Gasteiger partial charge in [0.25, 0.3) is 0 Å². The monoisotopic (exact) mass is 179 g/mol. The zero-order valence-electron chi connectivity index (χ0n) is 8.29. The van der Waals surface area contributed by atoms with Gasteiger partial charge in [-0.3, -0.25) is 0 Å². The highest BCUT2D eigenvalue weighted by molar-refractivity contribution is 5.30. The molecule has 0 saturated heterocycles. The van der Waals surface area contributed by atoms with Crippen LogP contribution in [0.1, 0.15) is 31.9 Å². The molecule has 0 aliphatic rings. The van der Waals surface area contributed by atoms with Crippen LogP contribution in [0.4, 0.5) is 0 Å². The van der Waals surface area contributed by atoms with Crippen LogP contribution in [-0.2, 0) is 0 Å². The molecule has 0 saturated carbocycles. The van der Waals surface area contributed by atoms with Gasteiger partial charge in [0.1, 0.15) is 5.75 Å². The van der Waals surface area contributed by atoms with Crippen molar-refractivity contribution in [3.05, 3.63) is 29.8 Å². The standard InChI is InChI=1S/C11H17NO/c1-3-11(12)9-6-5-7-10(8-9)13-4-2/h5-8,11H,3-4,12H2,1-2H3/t11-/m1/s1. The maximum Gasteiger partial charge on any atom is 0.119 e. The molecule has 2 N–H and O–H groups in total. The average molecular weight is 179 g/mol. The molecule has 0 fully saturated rings. The summed E-state index contributed by atoms with van der Waals surface area (Å²) in [7, 11) is 0. The van der Waals surface area contributed by atoms with E-state index in [2.05, 4.69) is 6.92 Å². The molecule has 0 heterocycles. The average Bonchev–Trinajstić information content (AvgIpc) is 2.18. The van der Waals surface area contributed by atoms with Gasteiger partial charge in [-0.15, -0.1) is 0 Å². The van der Waals surface area contributed by atoms with Gasteiger partial charge in [0.2, 0.25) is 0 Å². The molecular weight excluding hydrogens is 162 g/mol. The van der Waals surface area contributed by atoms with Crippen LogP contribution in [0.15, 0.2) is 24.3 Å². The number of benzene rings is 1. The Bertz CT molecular complexity index is 260. The maximum atomic E-state index is 5.90. The Morgan fingerprint density at radius 3 is 2.77 bits per heavy atom.